The van der Waals surface area contributed by atoms with Crippen molar-refractivity contribution in [2.24, 2.45) is 0 Å². The van der Waals surface area contributed by atoms with Crippen LogP contribution in [-0.2, 0) is 30.4 Å². The highest BCUT2D eigenvalue weighted by Gasteiger charge is 2.51. The predicted octanol–water partition coefficient (Wildman–Crippen LogP) is 2.06. The van der Waals surface area contributed by atoms with Gasteiger partial charge in [-0.05, 0) is 36.1 Å². The minimum Gasteiger partial charge on any atom is -0.378 e. The Morgan fingerprint density at radius 1 is 1.11 bits per heavy atom. The Balaban J connectivity index is 1.65. The molecule has 1 aromatic heterocycles. The van der Waals surface area contributed by atoms with Gasteiger partial charge in [-0.25, -0.2) is 16.8 Å². The van der Waals surface area contributed by atoms with E-state index >= 15 is 0 Å². The van der Waals surface area contributed by atoms with Crippen LogP contribution in [0, 0.1) is 0 Å². The number of hydrogen-bond donors (Lipinski definition) is 1. The van der Waals surface area contributed by atoms with E-state index in [1.54, 1.807) is 16.3 Å². The summed E-state index contributed by atoms with van der Waals surface area (Å²) in [5.74, 6) is 0. The fraction of sp³-hybridized carbons (Fsp3) is 0.545. The van der Waals surface area contributed by atoms with Crippen LogP contribution in [0.2, 0.25) is 0 Å². The van der Waals surface area contributed by atoms with Gasteiger partial charge in [-0.2, -0.15) is 21.8 Å². The minimum atomic E-state index is -4.88. The Kier molecular flexibility index (Phi) is 7.71. The highest BCUT2D eigenvalue weighted by molar-refractivity contribution is 7.91. The first kappa shape index (κ1) is 28.3. The van der Waals surface area contributed by atoms with Gasteiger partial charge in [0, 0.05) is 31.9 Å². The zero-order valence-electron chi connectivity index (χ0n) is 20.1. The Morgan fingerprint density at radius 3 is 2.24 bits per heavy atom. The molecule has 9 nitrogen and oxygen atoms in total. The summed E-state index contributed by atoms with van der Waals surface area (Å²) in [6.07, 6.45) is -3.80. The smallest absolute Gasteiger partial charge is 0.378 e. The number of halogens is 3. The number of aliphatic hydroxyl groups is 1. The number of hydrogen-bond acceptors (Lipinski definition) is 8. The van der Waals surface area contributed by atoms with Crippen LogP contribution in [-0.4, -0.2) is 94.5 Å². The van der Waals surface area contributed by atoms with Crippen molar-refractivity contribution < 1.29 is 39.9 Å². The highest BCUT2D eigenvalue weighted by atomic mass is 32.2. The summed E-state index contributed by atoms with van der Waals surface area (Å²) in [5.41, 5.74) is -2.91. The normalized spacial score (nSPS) is 22.1. The van der Waals surface area contributed by atoms with Crippen LogP contribution in [0.5, 0.6) is 0 Å². The molecule has 2 fully saturated rings. The van der Waals surface area contributed by atoms with Gasteiger partial charge >= 0.3 is 6.18 Å². The van der Waals surface area contributed by atoms with Crippen LogP contribution >= 0.6 is 11.3 Å². The number of benzene rings is 1. The third kappa shape index (κ3) is 5.67. The number of alkyl halides is 3. The Labute approximate surface area is 218 Å². The maximum atomic E-state index is 13.3. The van der Waals surface area contributed by atoms with Crippen molar-refractivity contribution in [1.29, 1.82) is 0 Å². The van der Waals surface area contributed by atoms with Crippen molar-refractivity contribution in [3.8, 4) is 0 Å². The van der Waals surface area contributed by atoms with Crippen molar-refractivity contribution in [2.75, 3.05) is 50.5 Å². The number of sulfonamides is 2. The van der Waals surface area contributed by atoms with Crippen molar-refractivity contribution in [3.63, 3.8) is 0 Å². The molecule has 206 valence electrons. The Morgan fingerprint density at radius 2 is 1.76 bits per heavy atom. The molecule has 0 amide bonds. The maximum absolute atomic E-state index is 13.3. The molecule has 4 rings (SSSR count). The summed E-state index contributed by atoms with van der Waals surface area (Å²) in [6.45, 7) is 1.33. The van der Waals surface area contributed by atoms with E-state index in [9.17, 15) is 35.1 Å². The van der Waals surface area contributed by atoms with Gasteiger partial charge < -0.3 is 14.7 Å². The lowest BCUT2D eigenvalue weighted by molar-refractivity contribution is -0.258. The number of rotatable bonds is 8. The monoisotopic (exact) mass is 583 g/mol. The van der Waals surface area contributed by atoms with Gasteiger partial charge in [0.15, 0.2) is 5.60 Å². The molecular formula is C22H28F3N3O6S3. The second-order valence-corrected chi connectivity index (χ2v) is 14.3. The summed E-state index contributed by atoms with van der Waals surface area (Å²) >= 11 is 1.08. The van der Waals surface area contributed by atoms with Crippen molar-refractivity contribution >= 4 is 37.1 Å². The predicted molar refractivity (Wildman–Crippen MR) is 132 cm³/mol. The van der Waals surface area contributed by atoms with Crippen LogP contribution in [0.4, 0.5) is 18.9 Å². The molecule has 2 aliphatic heterocycles. The van der Waals surface area contributed by atoms with E-state index in [4.69, 9.17) is 4.74 Å². The number of ether oxygens (including phenoxy) is 1. The van der Waals surface area contributed by atoms with Gasteiger partial charge in [0.05, 0.1) is 31.6 Å². The number of thiophene rings is 1. The fourth-order valence-electron chi connectivity index (χ4n) is 4.37. The lowest BCUT2D eigenvalue weighted by atomic mass is 9.95. The first-order valence-electron chi connectivity index (χ1n) is 11.4. The van der Waals surface area contributed by atoms with E-state index in [1.807, 2.05) is 0 Å². The van der Waals surface area contributed by atoms with Crippen LogP contribution in [0.3, 0.4) is 0 Å². The Hall–Kier alpha value is -1.75. The van der Waals surface area contributed by atoms with Gasteiger partial charge in [-0.1, -0.05) is 18.2 Å². The zero-order valence-corrected chi connectivity index (χ0v) is 22.6. The standard InChI is InChI=1S/C22H28F3N3O6S3/c1-21(29,22(23,24)25)16-5-7-17(8-6-16)27-10-9-26(37(32,33)20-4-3-11-35-20)12-18(27)13-28(36(2,30)31)19-14-34-15-19/h3-8,11,18-19,29H,9-10,12-15H2,1-2H3/t18-,21+/m1/s1. The zero-order chi connectivity index (χ0) is 27.2. The second-order valence-electron chi connectivity index (χ2n) is 9.28. The molecule has 0 saturated carbocycles. The van der Waals surface area contributed by atoms with E-state index in [-0.39, 0.29) is 55.2 Å². The molecule has 15 heteroatoms. The summed E-state index contributed by atoms with van der Waals surface area (Å²) in [7, 11) is -7.47. The average molecular weight is 584 g/mol. The maximum Gasteiger partial charge on any atom is 0.421 e. The van der Waals surface area contributed by atoms with E-state index in [0.29, 0.717) is 12.6 Å². The summed E-state index contributed by atoms with van der Waals surface area (Å²) in [6, 6.07) is 7.29. The van der Waals surface area contributed by atoms with Gasteiger partial charge in [0.2, 0.25) is 10.0 Å². The van der Waals surface area contributed by atoms with Crippen LogP contribution < -0.4 is 4.90 Å². The van der Waals surface area contributed by atoms with E-state index in [0.717, 1.165) is 17.6 Å². The molecular weight excluding hydrogens is 555 g/mol. The summed E-state index contributed by atoms with van der Waals surface area (Å²) in [4.78, 5) is 1.80. The third-order valence-corrected chi connectivity index (χ3v) is 11.2. The lowest BCUT2D eigenvalue weighted by Gasteiger charge is -2.45. The molecule has 1 N–H and O–H groups in total. The van der Waals surface area contributed by atoms with Gasteiger partial charge in [0.25, 0.3) is 10.0 Å². The molecule has 0 unspecified atom stereocenters. The molecule has 2 saturated heterocycles. The van der Waals surface area contributed by atoms with E-state index in [1.165, 1.54) is 38.9 Å². The molecule has 0 aliphatic carbocycles. The number of anilines is 1. The van der Waals surface area contributed by atoms with Gasteiger partial charge in [0.1, 0.15) is 4.21 Å². The van der Waals surface area contributed by atoms with Gasteiger partial charge in [-0.3, -0.25) is 0 Å². The van der Waals surface area contributed by atoms with E-state index < -0.39 is 37.9 Å². The van der Waals surface area contributed by atoms with Crippen molar-refractivity contribution in [3.05, 3.63) is 47.3 Å². The minimum absolute atomic E-state index is 0.0259. The summed E-state index contributed by atoms with van der Waals surface area (Å²) in [5, 5.41) is 11.7. The van der Waals surface area contributed by atoms with E-state index in [2.05, 4.69) is 0 Å². The second kappa shape index (κ2) is 10.1. The highest BCUT2D eigenvalue weighted by Crippen LogP contribution is 2.39. The molecule has 2 aromatic rings. The topological polar surface area (TPSA) is 107 Å². The largest absolute Gasteiger partial charge is 0.421 e. The first-order valence-corrected chi connectivity index (χ1v) is 15.5. The molecule has 0 radical (unpaired) electrons. The average Bonchev–Trinajstić information content (AvgIpc) is 3.32. The fourth-order valence-corrected chi connectivity index (χ4v) is 8.09. The number of piperazine rings is 1. The first-order chi connectivity index (χ1) is 17.1. The molecule has 1 aromatic carbocycles. The third-order valence-electron chi connectivity index (χ3n) is 6.69. The molecule has 37 heavy (non-hydrogen) atoms. The van der Waals surface area contributed by atoms with Crippen LogP contribution in [0.15, 0.2) is 46.0 Å². The quantitative estimate of drug-likeness (QED) is 0.507. The van der Waals surface area contributed by atoms with Gasteiger partial charge in [-0.15, -0.1) is 11.3 Å². The Bertz CT molecular complexity index is 1300. The van der Waals surface area contributed by atoms with Crippen LogP contribution in [0.25, 0.3) is 0 Å². The molecule has 2 atom stereocenters. The molecule has 3 heterocycles. The molecule has 2 aliphatic rings. The van der Waals surface area contributed by atoms with Crippen molar-refractivity contribution in [2.45, 2.75) is 35.0 Å². The lowest BCUT2D eigenvalue weighted by Crippen LogP contribution is -2.61. The van der Waals surface area contributed by atoms with Crippen LogP contribution in [0.1, 0.15) is 12.5 Å². The van der Waals surface area contributed by atoms with Crippen molar-refractivity contribution in [1.82, 2.24) is 8.61 Å². The summed E-state index contributed by atoms with van der Waals surface area (Å²) < 4.78 is 99.4. The molecule has 0 bridgehead atoms. The number of nitrogens with zero attached hydrogens (tertiary/aromatic N) is 3. The SMILES string of the molecule is C[C@](O)(c1ccc(N2CCN(S(=O)(=O)c3cccs3)C[C@@H]2CN(C2COC2)S(C)(=O)=O)cc1)C(F)(F)F. The molecule has 0 spiro atoms.